The summed E-state index contributed by atoms with van der Waals surface area (Å²) < 4.78 is 6.08. The summed E-state index contributed by atoms with van der Waals surface area (Å²) in [5.41, 5.74) is 3.49. The zero-order valence-corrected chi connectivity index (χ0v) is 14.9. The average molecular weight is 333 g/mol. The van der Waals surface area contributed by atoms with E-state index in [1.807, 2.05) is 20.9 Å². The highest BCUT2D eigenvalue weighted by Crippen LogP contribution is 2.45. The van der Waals surface area contributed by atoms with Crippen LogP contribution in [0, 0.1) is 19.3 Å². The smallest absolute Gasteiger partial charge is 0.229 e. The summed E-state index contributed by atoms with van der Waals surface area (Å²) in [5.74, 6) is 0.997. The molecule has 23 heavy (non-hydrogen) atoms. The highest BCUT2D eigenvalue weighted by atomic mass is 35.5. The van der Waals surface area contributed by atoms with Gasteiger partial charge in [-0.1, -0.05) is 25.4 Å². The maximum Gasteiger partial charge on any atom is 0.229 e. The van der Waals surface area contributed by atoms with Crippen molar-refractivity contribution in [2.75, 3.05) is 13.7 Å². The first-order chi connectivity index (χ1) is 10.8. The number of hydrogen-bond acceptors (Lipinski definition) is 5. The van der Waals surface area contributed by atoms with Gasteiger partial charge in [0.1, 0.15) is 17.8 Å². The summed E-state index contributed by atoms with van der Waals surface area (Å²) in [6.45, 7) is 9.04. The van der Waals surface area contributed by atoms with E-state index in [0.29, 0.717) is 28.9 Å². The highest BCUT2D eigenvalue weighted by Gasteiger charge is 2.46. The topological polar surface area (TPSA) is 53.7 Å². The van der Waals surface area contributed by atoms with Gasteiger partial charge in [-0.3, -0.25) is 4.99 Å². The van der Waals surface area contributed by atoms with Gasteiger partial charge in [-0.05, 0) is 31.2 Å². The van der Waals surface area contributed by atoms with Crippen LogP contribution in [0.3, 0.4) is 0 Å². The molecule has 6 heteroatoms. The average Bonchev–Trinajstić information content (AvgIpc) is 2.91. The minimum absolute atomic E-state index is 0.336. The van der Waals surface area contributed by atoms with E-state index in [4.69, 9.17) is 16.0 Å². The first-order valence-electron chi connectivity index (χ1n) is 7.91. The largest absolute Gasteiger partial charge is 0.432 e. The Bertz CT molecular complexity index is 944. The number of rotatable bonds is 2. The standard InChI is InChI=1S/C17H21ClN4O/c1-8-11-13-14(23-16(11)20-9(2)12(8)18)15(22(5)7-19-13)21-10-6-17(10,3)4/h10,21H,6-7H2,1-5H3. The third-order valence-electron chi connectivity index (χ3n) is 5.02. The Morgan fingerprint density at radius 3 is 2.70 bits per heavy atom. The Balaban J connectivity index is 1.99. The molecule has 0 aromatic carbocycles. The second-order valence-electron chi connectivity index (χ2n) is 7.33. The maximum absolute atomic E-state index is 6.37. The lowest BCUT2D eigenvalue weighted by Crippen LogP contribution is -2.43. The van der Waals surface area contributed by atoms with Gasteiger partial charge in [0, 0.05) is 13.1 Å². The second kappa shape index (κ2) is 4.63. The van der Waals surface area contributed by atoms with Gasteiger partial charge in [-0.15, -0.1) is 0 Å². The SMILES string of the molecule is Cc1nc2oc3c(c2c(C)c1Cl)=NCN(C)C=3NC1CC1(C)C. The van der Waals surface area contributed by atoms with Gasteiger partial charge in [0.05, 0.1) is 16.1 Å². The number of pyridine rings is 1. The molecule has 0 amide bonds. The predicted molar refractivity (Wildman–Crippen MR) is 90.6 cm³/mol. The van der Waals surface area contributed by atoms with Crippen molar-refractivity contribution in [1.82, 2.24) is 15.2 Å². The van der Waals surface area contributed by atoms with Crippen molar-refractivity contribution in [3.8, 4) is 0 Å². The van der Waals surface area contributed by atoms with Crippen LogP contribution in [0.5, 0.6) is 0 Å². The lowest BCUT2D eigenvalue weighted by Gasteiger charge is -2.23. The lowest BCUT2D eigenvalue weighted by molar-refractivity contribution is 0.411. The predicted octanol–water partition coefficient (Wildman–Crippen LogP) is 2.07. The molecule has 1 saturated carbocycles. The molecule has 3 heterocycles. The van der Waals surface area contributed by atoms with Gasteiger partial charge in [0.25, 0.3) is 0 Å². The molecule has 0 saturated heterocycles. The van der Waals surface area contributed by atoms with Crippen LogP contribution >= 0.6 is 11.6 Å². The Morgan fingerprint density at radius 1 is 1.35 bits per heavy atom. The normalized spacial score (nSPS) is 22.1. The molecule has 1 N–H and O–H groups in total. The number of furan rings is 1. The summed E-state index contributed by atoms with van der Waals surface area (Å²) in [5, 5.41) is 6.11. The van der Waals surface area contributed by atoms with Crippen LogP contribution in [-0.4, -0.2) is 29.6 Å². The molecule has 1 unspecified atom stereocenters. The lowest BCUT2D eigenvalue weighted by atomic mass is 10.1. The molecule has 4 rings (SSSR count). The van der Waals surface area contributed by atoms with Gasteiger partial charge in [-0.2, -0.15) is 0 Å². The summed E-state index contributed by atoms with van der Waals surface area (Å²) in [4.78, 5) is 11.3. The van der Waals surface area contributed by atoms with Crippen molar-refractivity contribution in [1.29, 1.82) is 0 Å². The molecule has 1 fully saturated rings. The summed E-state index contributed by atoms with van der Waals surface area (Å²) >= 11 is 6.37. The number of fused-ring (bicyclic) bond motifs is 3. The number of aryl methyl sites for hydroxylation is 2. The van der Waals surface area contributed by atoms with E-state index in [1.165, 1.54) is 6.42 Å². The Hall–Kier alpha value is -1.75. The molecule has 2 aromatic rings. The van der Waals surface area contributed by atoms with E-state index in [0.717, 1.165) is 33.2 Å². The van der Waals surface area contributed by atoms with Crippen LogP contribution in [0.15, 0.2) is 9.41 Å². The fraction of sp³-hybridized carbons (Fsp3) is 0.529. The highest BCUT2D eigenvalue weighted by molar-refractivity contribution is 6.32. The minimum Gasteiger partial charge on any atom is -0.432 e. The molecule has 1 aliphatic heterocycles. The fourth-order valence-corrected chi connectivity index (χ4v) is 3.33. The molecular weight excluding hydrogens is 312 g/mol. The van der Waals surface area contributed by atoms with Crippen molar-refractivity contribution in [3.05, 3.63) is 27.1 Å². The van der Waals surface area contributed by atoms with Crippen molar-refractivity contribution in [3.63, 3.8) is 0 Å². The Morgan fingerprint density at radius 2 is 2.04 bits per heavy atom. The van der Waals surface area contributed by atoms with Crippen LogP contribution in [0.4, 0.5) is 0 Å². The molecule has 5 nitrogen and oxygen atoms in total. The number of hydrogen-bond donors (Lipinski definition) is 1. The van der Waals surface area contributed by atoms with E-state index >= 15 is 0 Å². The van der Waals surface area contributed by atoms with Gasteiger partial charge in [0.15, 0.2) is 5.42 Å². The molecule has 0 radical (unpaired) electrons. The zero-order valence-electron chi connectivity index (χ0n) is 14.1. The van der Waals surface area contributed by atoms with Crippen molar-refractivity contribution >= 4 is 28.5 Å². The van der Waals surface area contributed by atoms with Gasteiger partial charge in [0.2, 0.25) is 5.71 Å². The quantitative estimate of drug-likeness (QED) is 0.914. The Kier molecular flexibility index (Phi) is 2.98. The molecule has 0 spiro atoms. The van der Waals surface area contributed by atoms with Gasteiger partial charge < -0.3 is 14.6 Å². The monoisotopic (exact) mass is 332 g/mol. The van der Waals surface area contributed by atoms with E-state index < -0.39 is 0 Å². The molecule has 1 aliphatic carbocycles. The molecule has 0 bridgehead atoms. The van der Waals surface area contributed by atoms with Gasteiger partial charge in [-0.25, -0.2) is 4.98 Å². The zero-order chi connectivity index (χ0) is 16.5. The van der Waals surface area contributed by atoms with Crippen LogP contribution in [0.1, 0.15) is 31.5 Å². The van der Waals surface area contributed by atoms with Gasteiger partial charge >= 0.3 is 0 Å². The first kappa shape index (κ1) is 14.8. The van der Waals surface area contributed by atoms with Crippen molar-refractivity contribution in [2.45, 2.75) is 40.2 Å². The molecule has 122 valence electrons. The Labute approximate surface area is 140 Å². The minimum atomic E-state index is 0.336. The van der Waals surface area contributed by atoms with Crippen LogP contribution in [0.2, 0.25) is 5.02 Å². The van der Waals surface area contributed by atoms with Crippen LogP contribution < -0.4 is 16.1 Å². The third-order valence-corrected chi connectivity index (χ3v) is 5.57. The van der Waals surface area contributed by atoms with Crippen molar-refractivity contribution < 1.29 is 4.42 Å². The molecular formula is C17H21ClN4O. The second-order valence-corrected chi connectivity index (χ2v) is 7.71. The van der Waals surface area contributed by atoms with E-state index in [1.54, 1.807) is 0 Å². The number of halogens is 1. The molecule has 2 aliphatic rings. The first-order valence-corrected chi connectivity index (χ1v) is 8.29. The van der Waals surface area contributed by atoms with Crippen molar-refractivity contribution in [2.24, 2.45) is 10.4 Å². The number of aromatic nitrogens is 1. The van der Waals surface area contributed by atoms with E-state index in [-0.39, 0.29) is 0 Å². The molecule has 2 aromatic heterocycles. The van der Waals surface area contributed by atoms with Crippen LogP contribution in [-0.2, 0) is 0 Å². The maximum atomic E-state index is 6.37. The van der Waals surface area contributed by atoms with E-state index in [2.05, 4.69) is 34.0 Å². The fourth-order valence-electron chi connectivity index (χ4n) is 3.20. The summed E-state index contributed by atoms with van der Waals surface area (Å²) in [7, 11) is 2.02. The molecule has 1 atom stereocenters. The number of nitrogens with zero attached hydrogens (tertiary/aromatic N) is 3. The van der Waals surface area contributed by atoms with Crippen LogP contribution in [0.25, 0.3) is 16.9 Å². The summed E-state index contributed by atoms with van der Waals surface area (Å²) in [6.07, 6.45) is 1.17. The summed E-state index contributed by atoms with van der Waals surface area (Å²) in [6, 6.07) is 0.471. The third kappa shape index (κ3) is 2.13. The number of nitrogens with one attached hydrogen (secondary N) is 1. The van der Waals surface area contributed by atoms with E-state index in [9.17, 15) is 0 Å².